The van der Waals surface area contributed by atoms with E-state index in [-0.39, 0.29) is 16.9 Å². The minimum Gasteiger partial charge on any atom is -0.508 e. The number of nitrogens with zero attached hydrogens (tertiary/aromatic N) is 1. The lowest BCUT2D eigenvalue weighted by atomic mass is 10.0. The van der Waals surface area contributed by atoms with E-state index in [4.69, 9.17) is 5.73 Å². The second kappa shape index (κ2) is 6.00. The highest BCUT2D eigenvalue weighted by atomic mass is 19.1. The van der Waals surface area contributed by atoms with Crippen LogP contribution in [0.15, 0.2) is 60.9 Å². The summed E-state index contributed by atoms with van der Waals surface area (Å²) in [6.45, 7) is 0. The van der Waals surface area contributed by atoms with Crippen LogP contribution in [-0.4, -0.2) is 20.9 Å². The van der Waals surface area contributed by atoms with Gasteiger partial charge >= 0.3 is 0 Å². The maximum absolute atomic E-state index is 14.0. The van der Waals surface area contributed by atoms with Gasteiger partial charge in [-0.25, -0.2) is 9.37 Å². The smallest absolute Gasteiger partial charge is 0.198 e. The molecule has 0 atom stereocenters. The molecule has 5 nitrogen and oxygen atoms in total. The number of nitrogens with two attached hydrogens (primary N) is 1. The molecule has 2 aromatic carbocycles. The normalized spacial score (nSPS) is 11.0. The molecule has 0 unspecified atom stereocenters. The topological polar surface area (TPSA) is 92.0 Å². The molecule has 0 aliphatic carbocycles. The largest absolute Gasteiger partial charge is 0.508 e. The summed E-state index contributed by atoms with van der Waals surface area (Å²) in [6.07, 6.45) is 3.17. The molecule has 4 aromatic rings. The molecule has 0 aliphatic heterocycles. The lowest BCUT2D eigenvalue weighted by Crippen LogP contribution is -2.03. The maximum Gasteiger partial charge on any atom is 0.198 e. The molecule has 2 aromatic heterocycles. The summed E-state index contributed by atoms with van der Waals surface area (Å²) in [6, 6.07) is 12.5. The van der Waals surface area contributed by atoms with E-state index in [1.54, 1.807) is 12.3 Å². The average molecular weight is 347 g/mol. The van der Waals surface area contributed by atoms with Gasteiger partial charge in [0.25, 0.3) is 0 Å². The van der Waals surface area contributed by atoms with Crippen molar-refractivity contribution in [3.63, 3.8) is 0 Å². The quantitative estimate of drug-likeness (QED) is 0.387. The maximum atomic E-state index is 14.0. The SMILES string of the molecule is Nc1cccc(-c2cnc3[nH]cc(C(=O)c4cc(O)ccc4F)c3c2)c1. The van der Waals surface area contributed by atoms with Gasteiger partial charge in [-0.3, -0.25) is 4.79 Å². The van der Waals surface area contributed by atoms with E-state index in [0.29, 0.717) is 16.7 Å². The van der Waals surface area contributed by atoms with Crippen molar-refractivity contribution in [1.82, 2.24) is 9.97 Å². The number of nitrogen functional groups attached to an aromatic ring is 1. The molecule has 4 rings (SSSR count). The van der Waals surface area contributed by atoms with E-state index in [9.17, 15) is 14.3 Å². The summed E-state index contributed by atoms with van der Waals surface area (Å²) in [5.41, 5.74) is 8.70. The summed E-state index contributed by atoms with van der Waals surface area (Å²) in [5.74, 6) is -1.40. The second-order valence-corrected chi connectivity index (χ2v) is 5.94. The average Bonchev–Trinajstić information content (AvgIpc) is 3.06. The summed E-state index contributed by atoms with van der Waals surface area (Å²) in [5, 5.41) is 10.1. The number of anilines is 1. The molecule has 4 N–H and O–H groups in total. The van der Waals surface area contributed by atoms with Gasteiger partial charge in [-0.1, -0.05) is 12.1 Å². The molecule has 128 valence electrons. The van der Waals surface area contributed by atoms with Crippen molar-refractivity contribution in [3.05, 3.63) is 77.9 Å². The molecule has 0 saturated carbocycles. The number of aromatic nitrogens is 2. The van der Waals surface area contributed by atoms with Crippen LogP contribution in [0.1, 0.15) is 15.9 Å². The number of carbonyl (C=O) groups is 1. The number of H-pyrrole nitrogens is 1. The third-order valence-corrected chi connectivity index (χ3v) is 4.19. The predicted molar refractivity (Wildman–Crippen MR) is 97.4 cm³/mol. The molecular formula is C20H14FN3O2. The van der Waals surface area contributed by atoms with Crippen LogP contribution < -0.4 is 5.73 Å². The number of ketones is 1. The van der Waals surface area contributed by atoms with E-state index >= 15 is 0 Å². The second-order valence-electron chi connectivity index (χ2n) is 5.94. The summed E-state index contributed by atoms with van der Waals surface area (Å²) < 4.78 is 14.0. The van der Waals surface area contributed by atoms with E-state index < -0.39 is 11.6 Å². The van der Waals surface area contributed by atoms with Gasteiger partial charge in [0, 0.05) is 34.6 Å². The molecule has 0 radical (unpaired) electrons. The van der Waals surface area contributed by atoms with Crippen molar-refractivity contribution < 1.29 is 14.3 Å². The number of fused-ring (bicyclic) bond motifs is 1. The van der Waals surface area contributed by atoms with E-state index in [0.717, 1.165) is 23.3 Å². The Morgan fingerprint density at radius 1 is 1.08 bits per heavy atom. The number of nitrogens with one attached hydrogen (secondary N) is 1. The van der Waals surface area contributed by atoms with Crippen molar-refractivity contribution in [1.29, 1.82) is 0 Å². The first-order valence-electron chi connectivity index (χ1n) is 7.89. The first-order chi connectivity index (χ1) is 12.5. The summed E-state index contributed by atoms with van der Waals surface area (Å²) >= 11 is 0. The highest BCUT2D eigenvalue weighted by Gasteiger charge is 2.19. The van der Waals surface area contributed by atoms with Gasteiger partial charge in [-0.2, -0.15) is 0 Å². The fraction of sp³-hybridized carbons (Fsp3) is 0. The summed E-state index contributed by atoms with van der Waals surface area (Å²) in [4.78, 5) is 20.0. The number of pyridine rings is 1. The Morgan fingerprint density at radius 2 is 1.92 bits per heavy atom. The zero-order valence-corrected chi connectivity index (χ0v) is 13.5. The van der Waals surface area contributed by atoms with E-state index in [1.807, 2.05) is 24.3 Å². The Morgan fingerprint density at radius 3 is 2.73 bits per heavy atom. The number of phenolic OH excluding ortho intramolecular Hbond substituents is 1. The van der Waals surface area contributed by atoms with Gasteiger partial charge in [0.15, 0.2) is 5.78 Å². The standard InChI is InChI=1S/C20H14FN3O2/c21-18-5-4-14(25)8-16(18)19(26)17-10-24-20-15(17)7-12(9-23-20)11-2-1-3-13(22)6-11/h1-10,25H,22H2,(H,23,24). The Kier molecular flexibility index (Phi) is 3.65. The summed E-state index contributed by atoms with van der Waals surface area (Å²) in [7, 11) is 0. The number of hydrogen-bond acceptors (Lipinski definition) is 4. The third-order valence-electron chi connectivity index (χ3n) is 4.19. The van der Waals surface area contributed by atoms with Crippen LogP contribution in [0.2, 0.25) is 0 Å². The van der Waals surface area contributed by atoms with Crippen LogP contribution in [0.3, 0.4) is 0 Å². The van der Waals surface area contributed by atoms with Gasteiger partial charge < -0.3 is 15.8 Å². The number of carbonyl (C=O) groups excluding carboxylic acids is 1. The number of phenols is 1. The van der Waals surface area contributed by atoms with Gasteiger partial charge in [0.2, 0.25) is 0 Å². The van der Waals surface area contributed by atoms with Crippen LogP contribution in [0.5, 0.6) is 5.75 Å². The Hall–Kier alpha value is -3.67. The molecule has 26 heavy (non-hydrogen) atoms. The zero-order chi connectivity index (χ0) is 18.3. The third kappa shape index (κ3) is 2.67. The number of aromatic amines is 1. The Labute approximate surface area is 147 Å². The molecule has 2 heterocycles. The van der Waals surface area contributed by atoms with Crippen molar-refractivity contribution in [2.75, 3.05) is 5.73 Å². The van der Waals surface area contributed by atoms with E-state index in [1.165, 1.54) is 12.3 Å². The van der Waals surface area contributed by atoms with Crippen LogP contribution in [0.4, 0.5) is 10.1 Å². The molecule has 0 bridgehead atoms. The van der Waals surface area contributed by atoms with E-state index in [2.05, 4.69) is 9.97 Å². The van der Waals surface area contributed by atoms with Gasteiger partial charge in [-0.15, -0.1) is 0 Å². The monoisotopic (exact) mass is 347 g/mol. The predicted octanol–water partition coefficient (Wildman–Crippen LogP) is 3.89. The zero-order valence-electron chi connectivity index (χ0n) is 13.5. The highest BCUT2D eigenvalue weighted by Crippen LogP contribution is 2.28. The van der Waals surface area contributed by atoms with Gasteiger partial charge in [0.05, 0.1) is 5.56 Å². The van der Waals surface area contributed by atoms with Crippen LogP contribution in [-0.2, 0) is 0 Å². The van der Waals surface area contributed by atoms with Crippen LogP contribution in [0.25, 0.3) is 22.2 Å². The van der Waals surface area contributed by atoms with Crippen molar-refractivity contribution in [3.8, 4) is 16.9 Å². The number of hydrogen-bond donors (Lipinski definition) is 3. The van der Waals surface area contributed by atoms with Crippen LogP contribution >= 0.6 is 0 Å². The van der Waals surface area contributed by atoms with Gasteiger partial charge in [-0.05, 0) is 42.0 Å². The molecule has 0 amide bonds. The first-order valence-corrected chi connectivity index (χ1v) is 7.89. The number of rotatable bonds is 3. The number of halogens is 1. The first kappa shape index (κ1) is 15.8. The molecular weight excluding hydrogens is 333 g/mol. The lowest BCUT2D eigenvalue weighted by molar-refractivity contribution is 0.103. The van der Waals surface area contributed by atoms with Crippen molar-refractivity contribution in [2.45, 2.75) is 0 Å². The molecule has 0 fully saturated rings. The highest BCUT2D eigenvalue weighted by molar-refractivity contribution is 6.16. The molecule has 0 spiro atoms. The number of benzene rings is 2. The van der Waals surface area contributed by atoms with Gasteiger partial charge in [0.1, 0.15) is 17.2 Å². The minimum atomic E-state index is -0.693. The fourth-order valence-corrected chi connectivity index (χ4v) is 2.90. The fourth-order valence-electron chi connectivity index (χ4n) is 2.90. The Balaban J connectivity index is 1.85. The lowest BCUT2D eigenvalue weighted by Gasteiger charge is -2.05. The number of aromatic hydroxyl groups is 1. The van der Waals surface area contributed by atoms with Crippen molar-refractivity contribution >= 4 is 22.5 Å². The molecule has 0 aliphatic rings. The van der Waals surface area contributed by atoms with Crippen molar-refractivity contribution in [2.24, 2.45) is 0 Å². The minimum absolute atomic E-state index is 0.173. The Bertz CT molecular complexity index is 1150. The van der Waals surface area contributed by atoms with Crippen LogP contribution in [0, 0.1) is 5.82 Å². The molecule has 0 saturated heterocycles. The molecule has 6 heteroatoms.